The molecule has 1 heterocycles. The molecule has 22 heavy (non-hydrogen) atoms. The molecule has 0 atom stereocenters. The summed E-state index contributed by atoms with van der Waals surface area (Å²) in [6.07, 6.45) is 0. The van der Waals surface area contributed by atoms with Gasteiger partial charge in [0.05, 0.1) is 0 Å². The molecule has 12 heteroatoms. The van der Waals surface area contributed by atoms with Crippen molar-refractivity contribution in [3.8, 4) is 0 Å². The first-order chi connectivity index (χ1) is 9.86. The number of carboxylic acid groups (broad SMARTS) is 2. The van der Waals surface area contributed by atoms with Crippen molar-refractivity contribution < 1.29 is 64.3 Å². The Hall–Kier alpha value is -0.278. The van der Waals surface area contributed by atoms with Crippen LogP contribution in [0.2, 0.25) is 0 Å². The molecular formula is C10H13N2NaO8Pb. The predicted molar refractivity (Wildman–Crippen MR) is 63.5 cm³/mol. The van der Waals surface area contributed by atoms with Crippen LogP contribution in [0, 0.1) is 0 Å². The maximum absolute atomic E-state index is 11.5. The van der Waals surface area contributed by atoms with Crippen LogP contribution in [0.1, 0.15) is 0 Å². The quantitative estimate of drug-likeness (QED) is 0.357. The van der Waals surface area contributed by atoms with E-state index >= 15 is 0 Å². The van der Waals surface area contributed by atoms with Gasteiger partial charge in [0.2, 0.25) is 0 Å². The van der Waals surface area contributed by atoms with E-state index in [1.54, 1.807) is 0 Å². The summed E-state index contributed by atoms with van der Waals surface area (Å²) in [6.45, 7) is -1.24. The van der Waals surface area contributed by atoms with Gasteiger partial charge in [-0.25, -0.2) is 0 Å². The summed E-state index contributed by atoms with van der Waals surface area (Å²) in [5, 5.41) is 19.4. The third-order valence-electron chi connectivity index (χ3n) is 2.46. The average Bonchev–Trinajstić information content (AvgIpc) is 2.35. The summed E-state index contributed by atoms with van der Waals surface area (Å²) >= 11 is -2.36. The second-order valence-corrected chi connectivity index (χ2v) is 6.45. The molecular weight excluding hydrogens is 506 g/mol. The van der Waals surface area contributed by atoms with Crippen molar-refractivity contribution in [2.24, 2.45) is 0 Å². The van der Waals surface area contributed by atoms with E-state index in [0.29, 0.717) is 0 Å². The molecule has 2 radical (unpaired) electrons. The van der Waals surface area contributed by atoms with E-state index in [2.05, 4.69) is 0 Å². The van der Waals surface area contributed by atoms with E-state index < -0.39 is 62.1 Å². The number of carboxylic acids is 2. The molecule has 0 amide bonds. The maximum Gasteiger partial charge on any atom is 1.00 e. The molecule has 0 aromatic rings. The molecule has 0 aromatic heterocycles. The largest absolute Gasteiger partial charge is 1.00 e. The molecule has 1 aliphatic heterocycles. The number of nitrogens with zero attached hydrogens (tertiary/aromatic N) is 2. The smallest absolute Gasteiger partial charge is 1.00 e. The second-order valence-electron chi connectivity index (χ2n) is 4.22. The number of aliphatic carboxylic acids is 2. The van der Waals surface area contributed by atoms with Crippen LogP contribution >= 0.6 is 0 Å². The summed E-state index contributed by atoms with van der Waals surface area (Å²) in [6, 6.07) is 0. The Morgan fingerprint density at radius 1 is 1.09 bits per heavy atom. The zero-order valence-electron chi connectivity index (χ0n) is 11.9. The van der Waals surface area contributed by atoms with Gasteiger partial charge in [-0.05, 0) is 0 Å². The van der Waals surface area contributed by atoms with Crippen molar-refractivity contribution in [3.05, 3.63) is 0 Å². The maximum atomic E-state index is 11.5. The van der Waals surface area contributed by atoms with Crippen molar-refractivity contribution in [2.45, 2.75) is 0 Å². The van der Waals surface area contributed by atoms with Gasteiger partial charge in [0.25, 0.3) is 0 Å². The normalized spacial score (nSPS) is 18.4. The molecule has 0 unspecified atom stereocenters. The van der Waals surface area contributed by atoms with Crippen molar-refractivity contribution in [1.82, 2.24) is 9.80 Å². The van der Waals surface area contributed by atoms with E-state index in [-0.39, 0.29) is 55.7 Å². The molecule has 0 aliphatic carbocycles. The van der Waals surface area contributed by atoms with Crippen LogP contribution in [0.15, 0.2) is 0 Å². The molecule has 1 aliphatic rings. The van der Waals surface area contributed by atoms with Gasteiger partial charge in [0, 0.05) is 0 Å². The fraction of sp³-hybridized carbons (Fsp3) is 0.600. The summed E-state index contributed by atoms with van der Waals surface area (Å²) in [7, 11) is 0. The molecule has 1 N–H and O–H groups in total. The zero-order valence-corrected chi connectivity index (χ0v) is 17.8. The number of rotatable bonds is 4. The Morgan fingerprint density at radius 3 is 1.95 bits per heavy atom. The fourth-order valence-corrected chi connectivity index (χ4v) is 3.01. The molecule has 0 aromatic carbocycles. The minimum Gasteiger partial charge on any atom is 1.00 e. The van der Waals surface area contributed by atoms with Crippen molar-refractivity contribution in [3.63, 3.8) is 0 Å². The van der Waals surface area contributed by atoms with Gasteiger partial charge in [0.1, 0.15) is 0 Å². The molecule has 10 nitrogen and oxygen atoms in total. The first-order valence-electron chi connectivity index (χ1n) is 5.87. The second kappa shape index (κ2) is 11.3. The summed E-state index contributed by atoms with van der Waals surface area (Å²) < 4.78 is 9.60. The van der Waals surface area contributed by atoms with E-state index in [4.69, 9.17) is 10.5 Å². The standard InChI is InChI=1S/C10H16N2O8.Na.Pb/c13-7(14)3-11(4-8(15)16)1-2-12(5-9(17)18)6-10(19)20;;/h1-6H2,(H,13,14)(H,15,16)(H,17,18)(H,19,20);;/q;+1;+2/p-3. The Kier molecular flexibility index (Phi) is 11.1. The van der Waals surface area contributed by atoms with Gasteiger partial charge >= 0.3 is 162 Å². The van der Waals surface area contributed by atoms with Crippen LogP contribution in [-0.2, 0) is 24.6 Å². The Bertz CT molecular complexity index is 397. The molecule has 1 saturated heterocycles. The zero-order chi connectivity index (χ0) is 15.8. The third-order valence-corrected chi connectivity index (χ3v) is 4.88. The number of hydrogen-bond donors (Lipinski definition) is 1. The van der Waals surface area contributed by atoms with Crippen LogP contribution in [0.25, 0.3) is 0 Å². The Morgan fingerprint density at radius 2 is 1.55 bits per heavy atom. The SMILES string of the molecule is O=C([O-])CN1CCN(CC(=O)O)CC(=O)[O][Pb][O]C(=O)C1.[Na+]. The van der Waals surface area contributed by atoms with E-state index in [9.17, 15) is 24.3 Å². The molecule has 1 fully saturated rings. The van der Waals surface area contributed by atoms with Gasteiger partial charge in [-0.2, -0.15) is 0 Å². The number of hydrogen-bond acceptors (Lipinski definition) is 9. The summed E-state index contributed by atoms with van der Waals surface area (Å²) in [5.41, 5.74) is 0. The topological polar surface area (TPSA) is 137 Å². The molecule has 1 rings (SSSR count). The van der Waals surface area contributed by atoms with E-state index in [1.165, 1.54) is 9.80 Å². The first-order valence-corrected chi connectivity index (χ1v) is 9.05. The summed E-state index contributed by atoms with van der Waals surface area (Å²) in [4.78, 5) is 46.8. The molecule has 116 valence electrons. The average molecular weight is 519 g/mol. The fourth-order valence-electron chi connectivity index (χ4n) is 1.63. The molecule has 0 bridgehead atoms. The molecule has 0 spiro atoms. The Labute approximate surface area is 161 Å². The Balaban J connectivity index is 0.00000441. The van der Waals surface area contributed by atoms with Crippen molar-refractivity contribution >= 4 is 49.0 Å². The van der Waals surface area contributed by atoms with Gasteiger partial charge in [-0.1, -0.05) is 0 Å². The van der Waals surface area contributed by atoms with Crippen molar-refractivity contribution in [2.75, 3.05) is 39.3 Å². The third kappa shape index (κ3) is 9.68. The van der Waals surface area contributed by atoms with Gasteiger partial charge in [-0.15, -0.1) is 0 Å². The van der Waals surface area contributed by atoms with Crippen LogP contribution in [0.3, 0.4) is 0 Å². The van der Waals surface area contributed by atoms with Crippen LogP contribution < -0.4 is 34.7 Å². The summed E-state index contributed by atoms with van der Waals surface area (Å²) in [5.74, 6) is -3.81. The van der Waals surface area contributed by atoms with Gasteiger partial charge < -0.3 is 0 Å². The van der Waals surface area contributed by atoms with E-state index in [0.717, 1.165) is 0 Å². The van der Waals surface area contributed by atoms with Gasteiger partial charge in [0.15, 0.2) is 0 Å². The van der Waals surface area contributed by atoms with Crippen molar-refractivity contribution in [1.29, 1.82) is 0 Å². The number of carbonyl (C=O) groups excluding carboxylic acids is 3. The van der Waals surface area contributed by atoms with Crippen LogP contribution in [-0.4, -0.2) is 103 Å². The first kappa shape index (κ1) is 21.7. The van der Waals surface area contributed by atoms with Gasteiger partial charge in [-0.3, -0.25) is 0 Å². The van der Waals surface area contributed by atoms with E-state index in [1.807, 2.05) is 0 Å². The molecule has 0 saturated carbocycles. The number of carbonyl (C=O) groups is 4. The van der Waals surface area contributed by atoms with Crippen LogP contribution in [0.5, 0.6) is 0 Å². The minimum atomic E-state index is -2.36. The monoisotopic (exact) mass is 520 g/mol. The minimum absolute atomic E-state index is 0. The predicted octanol–water partition coefficient (Wildman–Crippen LogP) is -6.94. The van der Waals surface area contributed by atoms with Crippen LogP contribution in [0.4, 0.5) is 0 Å².